The van der Waals surface area contributed by atoms with E-state index < -0.39 is 0 Å². The number of carbonyl (C=O) groups is 1. The fourth-order valence-corrected chi connectivity index (χ4v) is 4.05. The first-order valence-electron chi connectivity index (χ1n) is 9.93. The molecule has 0 N–H and O–H groups in total. The van der Waals surface area contributed by atoms with Crippen LogP contribution in [-0.4, -0.2) is 28.6 Å². The molecule has 4 rings (SSSR count). The number of likely N-dealkylation sites (tertiary alicyclic amines) is 1. The molecule has 0 spiro atoms. The van der Waals surface area contributed by atoms with Gasteiger partial charge in [-0.1, -0.05) is 55.1 Å². The zero-order chi connectivity index (χ0) is 20.4. The average Bonchev–Trinajstić information content (AvgIpc) is 3.09. The summed E-state index contributed by atoms with van der Waals surface area (Å²) in [4.78, 5) is 14.2. The Morgan fingerprint density at radius 2 is 1.83 bits per heavy atom. The first-order chi connectivity index (χ1) is 14.0. The second kappa shape index (κ2) is 8.00. The summed E-state index contributed by atoms with van der Waals surface area (Å²) in [6.07, 6.45) is 0.503. The number of piperidine rings is 1. The van der Waals surface area contributed by atoms with Gasteiger partial charge in [0.05, 0.1) is 0 Å². The molecule has 0 aliphatic carbocycles. The number of rotatable bonds is 3. The molecule has 1 aliphatic heterocycles. The SMILES string of the molecule is C=C1CN(C(=O)OCc2ccccc2)CC/C1=C(/C)c1cc2ccccc2n1C. The number of carbonyl (C=O) groups excluding carboxylic acids is 1. The monoisotopic (exact) mass is 386 g/mol. The molecule has 0 atom stereocenters. The minimum atomic E-state index is -0.281. The predicted molar refractivity (Wildman–Crippen MR) is 117 cm³/mol. The lowest BCUT2D eigenvalue weighted by Gasteiger charge is -2.30. The number of para-hydroxylation sites is 1. The fourth-order valence-electron chi connectivity index (χ4n) is 4.05. The van der Waals surface area contributed by atoms with Gasteiger partial charge in [-0.25, -0.2) is 4.79 Å². The summed E-state index contributed by atoms with van der Waals surface area (Å²) in [7, 11) is 2.10. The van der Waals surface area contributed by atoms with E-state index in [-0.39, 0.29) is 6.09 Å². The van der Waals surface area contributed by atoms with Crippen LogP contribution in [0.1, 0.15) is 24.6 Å². The molecule has 4 nitrogen and oxygen atoms in total. The molecule has 4 heteroatoms. The molecule has 2 heterocycles. The standard InChI is InChI=1S/C25H26N2O2/c1-18-16-27(25(28)29-17-20-9-5-4-6-10-20)14-13-22(18)19(2)24-15-21-11-7-8-12-23(21)26(24)3/h4-12,15H,1,13-14,16-17H2,2-3H3/b22-19+. The topological polar surface area (TPSA) is 34.5 Å². The zero-order valence-corrected chi connectivity index (χ0v) is 17.0. The minimum absolute atomic E-state index is 0.281. The van der Waals surface area contributed by atoms with E-state index in [0.717, 1.165) is 17.6 Å². The van der Waals surface area contributed by atoms with Gasteiger partial charge in [-0.2, -0.15) is 0 Å². The van der Waals surface area contributed by atoms with Crippen molar-refractivity contribution >= 4 is 22.6 Å². The maximum atomic E-state index is 12.5. The molecular weight excluding hydrogens is 360 g/mol. The Labute approximate surface area is 171 Å². The molecule has 29 heavy (non-hydrogen) atoms. The van der Waals surface area contributed by atoms with Crippen LogP contribution in [-0.2, 0) is 18.4 Å². The van der Waals surface area contributed by atoms with Crippen molar-refractivity contribution in [2.24, 2.45) is 7.05 Å². The molecule has 1 fully saturated rings. The number of nitrogens with zero attached hydrogens (tertiary/aromatic N) is 2. The number of fused-ring (bicyclic) bond motifs is 1. The molecule has 0 bridgehead atoms. The molecular formula is C25H26N2O2. The van der Waals surface area contributed by atoms with E-state index in [4.69, 9.17) is 4.74 Å². The van der Waals surface area contributed by atoms with Crippen LogP contribution >= 0.6 is 0 Å². The van der Waals surface area contributed by atoms with Crippen LogP contribution in [0.15, 0.2) is 78.4 Å². The number of aromatic nitrogens is 1. The van der Waals surface area contributed by atoms with Crippen molar-refractivity contribution in [2.45, 2.75) is 20.0 Å². The molecule has 1 aliphatic rings. The van der Waals surface area contributed by atoms with E-state index in [1.807, 2.05) is 30.3 Å². The maximum Gasteiger partial charge on any atom is 0.410 e. The highest BCUT2D eigenvalue weighted by Gasteiger charge is 2.25. The quantitative estimate of drug-likeness (QED) is 0.591. The van der Waals surface area contributed by atoms with Crippen molar-refractivity contribution in [3.63, 3.8) is 0 Å². The maximum absolute atomic E-state index is 12.5. The summed E-state index contributed by atoms with van der Waals surface area (Å²) in [5.41, 5.74) is 6.85. The van der Waals surface area contributed by atoms with Gasteiger partial charge in [-0.3, -0.25) is 0 Å². The van der Waals surface area contributed by atoms with Crippen LogP contribution in [0.2, 0.25) is 0 Å². The molecule has 1 amide bonds. The third kappa shape index (κ3) is 3.83. The Morgan fingerprint density at radius 3 is 2.55 bits per heavy atom. The Kier molecular flexibility index (Phi) is 5.26. The Morgan fingerprint density at radius 1 is 1.10 bits per heavy atom. The molecule has 3 aromatic rings. The molecule has 2 aromatic carbocycles. The van der Waals surface area contributed by atoms with Crippen molar-refractivity contribution in [1.82, 2.24) is 9.47 Å². The van der Waals surface area contributed by atoms with Gasteiger partial charge in [0.15, 0.2) is 0 Å². The number of hydrogen-bond donors (Lipinski definition) is 0. The van der Waals surface area contributed by atoms with Gasteiger partial charge in [0.25, 0.3) is 0 Å². The Bertz CT molecular complexity index is 1090. The van der Waals surface area contributed by atoms with Crippen molar-refractivity contribution in [3.05, 3.63) is 89.6 Å². The third-order valence-corrected chi connectivity index (χ3v) is 5.69. The second-order valence-electron chi connectivity index (χ2n) is 7.57. The Hall–Kier alpha value is -3.27. The summed E-state index contributed by atoms with van der Waals surface area (Å²) in [6, 6.07) is 20.4. The Balaban J connectivity index is 1.47. The number of hydrogen-bond acceptors (Lipinski definition) is 2. The van der Waals surface area contributed by atoms with E-state index in [0.29, 0.717) is 19.7 Å². The summed E-state index contributed by atoms with van der Waals surface area (Å²) < 4.78 is 7.71. The van der Waals surface area contributed by atoms with Crippen molar-refractivity contribution in [1.29, 1.82) is 0 Å². The number of allylic oxidation sites excluding steroid dienone is 1. The number of ether oxygens (including phenoxy) is 1. The normalized spacial score (nSPS) is 16.2. The first kappa shape index (κ1) is 19.1. The van der Waals surface area contributed by atoms with Gasteiger partial charge >= 0.3 is 6.09 Å². The van der Waals surface area contributed by atoms with Crippen LogP contribution < -0.4 is 0 Å². The molecule has 1 aromatic heterocycles. The third-order valence-electron chi connectivity index (χ3n) is 5.69. The minimum Gasteiger partial charge on any atom is -0.445 e. The predicted octanol–water partition coefficient (Wildman–Crippen LogP) is 5.55. The number of amides is 1. The second-order valence-corrected chi connectivity index (χ2v) is 7.57. The summed E-state index contributed by atoms with van der Waals surface area (Å²) >= 11 is 0. The lowest BCUT2D eigenvalue weighted by Crippen LogP contribution is -2.37. The van der Waals surface area contributed by atoms with Gasteiger partial charge < -0.3 is 14.2 Å². The molecule has 148 valence electrons. The van der Waals surface area contributed by atoms with E-state index in [2.05, 4.69) is 55.4 Å². The van der Waals surface area contributed by atoms with E-state index in [1.165, 1.54) is 27.7 Å². The zero-order valence-electron chi connectivity index (χ0n) is 17.0. The van der Waals surface area contributed by atoms with Crippen LogP contribution in [0.5, 0.6) is 0 Å². The average molecular weight is 386 g/mol. The summed E-state index contributed by atoms with van der Waals surface area (Å²) in [5, 5.41) is 1.23. The lowest BCUT2D eigenvalue weighted by molar-refractivity contribution is 0.0978. The van der Waals surface area contributed by atoms with Crippen LogP contribution in [0.3, 0.4) is 0 Å². The fraction of sp³-hybridized carbons (Fsp3) is 0.240. The molecule has 0 radical (unpaired) electrons. The highest BCUT2D eigenvalue weighted by atomic mass is 16.6. The highest BCUT2D eigenvalue weighted by molar-refractivity contribution is 5.86. The summed E-state index contributed by atoms with van der Waals surface area (Å²) in [6.45, 7) is 7.85. The van der Waals surface area contributed by atoms with Gasteiger partial charge in [-0.05, 0) is 47.8 Å². The molecule has 1 saturated heterocycles. The first-order valence-corrected chi connectivity index (χ1v) is 9.93. The molecule has 0 unspecified atom stereocenters. The van der Waals surface area contributed by atoms with Crippen molar-refractivity contribution < 1.29 is 9.53 Å². The van der Waals surface area contributed by atoms with Crippen molar-refractivity contribution in [3.8, 4) is 0 Å². The van der Waals surface area contributed by atoms with Crippen LogP contribution in [0, 0.1) is 0 Å². The van der Waals surface area contributed by atoms with Gasteiger partial charge in [0, 0.05) is 36.7 Å². The van der Waals surface area contributed by atoms with Gasteiger partial charge in [-0.15, -0.1) is 0 Å². The lowest BCUT2D eigenvalue weighted by atomic mass is 9.93. The van der Waals surface area contributed by atoms with E-state index >= 15 is 0 Å². The van der Waals surface area contributed by atoms with E-state index in [1.54, 1.807) is 4.90 Å². The smallest absolute Gasteiger partial charge is 0.410 e. The molecule has 0 saturated carbocycles. The van der Waals surface area contributed by atoms with Gasteiger partial charge in [0.1, 0.15) is 6.61 Å². The van der Waals surface area contributed by atoms with Crippen LogP contribution in [0.4, 0.5) is 4.79 Å². The largest absolute Gasteiger partial charge is 0.445 e. The highest BCUT2D eigenvalue weighted by Crippen LogP contribution is 2.32. The van der Waals surface area contributed by atoms with Gasteiger partial charge in [0.2, 0.25) is 0 Å². The number of aryl methyl sites for hydroxylation is 1. The summed E-state index contributed by atoms with van der Waals surface area (Å²) in [5.74, 6) is 0. The number of benzene rings is 2. The van der Waals surface area contributed by atoms with E-state index in [9.17, 15) is 4.79 Å². The van der Waals surface area contributed by atoms with Crippen molar-refractivity contribution in [2.75, 3.05) is 13.1 Å². The van der Waals surface area contributed by atoms with Crippen LogP contribution in [0.25, 0.3) is 16.5 Å².